The van der Waals surface area contributed by atoms with Gasteiger partial charge in [-0.25, -0.2) is 4.79 Å². The van der Waals surface area contributed by atoms with Gasteiger partial charge in [0.15, 0.2) is 0 Å². The number of benzene rings is 2. The van der Waals surface area contributed by atoms with Crippen LogP contribution in [0.5, 0.6) is 5.75 Å². The molecule has 0 saturated heterocycles. The van der Waals surface area contributed by atoms with E-state index in [0.717, 1.165) is 5.56 Å². The fraction of sp³-hybridized carbons (Fsp3) is 0.467. The summed E-state index contributed by atoms with van der Waals surface area (Å²) < 4.78 is 10.8. The number of methoxy groups -OCH3 is 1. The van der Waals surface area contributed by atoms with E-state index in [1.807, 2.05) is 13.8 Å². The molecule has 2 aromatic carbocycles. The summed E-state index contributed by atoms with van der Waals surface area (Å²) in [4.78, 5) is 50.4. The van der Waals surface area contributed by atoms with E-state index in [1.54, 1.807) is 49.4 Å². The average molecular weight is 608 g/mol. The summed E-state index contributed by atoms with van der Waals surface area (Å²) in [6.45, 7) is 6.95. The minimum Gasteiger partial charge on any atom is -0.489 e. The van der Waals surface area contributed by atoms with Crippen molar-refractivity contribution in [2.45, 2.75) is 65.6 Å². The number of carbonyl (C=O) groups is 4. The number of carboxylic acid groups (broad SMARTS) is 1. The zero-order chi connectivity index (χ0) is 30.5. The molecule has 41 heavy (non-hydrogen) atoms. The average Bonchev–Trinajstić information content (AvgIpc) is 3.17. The number of rotatable bonds is 11. The summed E-state index contributed by atoms with van der Waals surface area (Å²) in [5.41, 5.74) is -0.359. The van der Waals surface area contributed by atoms with E-state index >= 15 is 0 Å². The molecular weight excluding hydrogens is 571 g/mol. The molecule has 1 saturated carbocycles. The maximum Gasteiger partial charge on any atom is 0.328 e. The fourth-order valence-electron chi connectivity index (χ4n) is 5.17. The van der Waals surface area contributed by atoms with Crippen molar-refractivity contribution >= 4 is 47.0 Å². The van der Waals surface area contributed by atoms with Gasteiger partial charge in [0.2, 0.25) is 11.8 Å². The van der Waals surface area contributed by atoms with Gasteiger partial charge in [-0.2, -0.15) is 0 Å². The first-order chi connectivity index (χ1) is 19.2. The highest BCUT2D eigenvalue weighted by atomic mass is 35.5. The second-order valence-electron chi connectivity index (χ2n) is 11.1. The first-order valence-corrected chi connectivity index (χ1v) is 14.0. The molecule has 222 valence electrons. The predicted octanol–water partition coefficient (Wildman–Crippen LogP) is 4.80. The Bertz CT molecular complexity index is 1280. The number of aliphatic carboxylic acids is 1. The van der Waals surface area contributed by atoms with Gasteiger partial charge < -0.3 is 25.2 Å². The number of carbonyl (C=O) groups excluding carboxylic acids is 3. The summed E-state index contributed by atoms with van der Waals surface area (Å²) in [7, 11) is 1.25. The van der Waals surface area contributed by atoms with E-state index in [1.165, 1.54) is 14.0 Å². The minimum atomic E-state index is -1.14. The van der Waals surface area contributed by atoms with Gasteiger partial charge in [0.25, 0.3) is 0 Å². The predicted molar refractivity (Wildman–Crippen MR) is 155 cm³/mol. The Hall–Kier alpha value is -3.30. The van der Waals surface area contributed by atoms with Gasteiger partial charge in [0, 0.05) is 27.9 Å². The first kappa shape index (κ1) is 32.2. The van der Waals surface area contributed by atoms with Crippen LogP contribution in [0.3, 0.4) is 0 Å². The monoisotopic (exact) mass is 606 g/mol. The van der Waals surface area contributed by atoms with Crippen molar-refractivity contribution in [2.24, 2.45) is 16.7 Å². The Morgan fingerprint density at radius 1 is 1.02 bits per heavy atom. The Morgan fingerprint density at radius 2 is 1.63 bits per heavy atom. The lowest BCUT2D eigenvalue weighted by atomic mass is 9.65. The number of esters is 1. The quantitative estimate of drug-likeness (QED) is 0.313. The molecule has 4 atom stereocenters. The molecule has 1 aliphatic carbocycles. The maximum atomic E-state index is 13.5. The summed E-state index contributed by atoms with van der Waals surface area (Å²) in [5.74, 6) is -2.54. The Morgan fingerprint density at radius 3 is 2.20 bits per heavy atom. The van der Waals surface area contributed by atoms with Crippen LogP contribution in [-0.4, -0.2) is 48.1 Å². The lowest BCUT2D eigenvalue weighted by molar-refractivity contribution is -0.148. The van der Waals surface area contributed by atoms with Crippen molar-refractivity contribution in [3.8, 4) is 5.75 Å². The Labute approximate surface area is 249 Å². The number of halogens is 2. The first-order valence-electron chi connectivity index (χ1n) is 13.3. The van der Waals surface area contributed by atoms with Gasteiger partial charge in [-0.15, -0.1) is 0 Å². The second-order valence-corrected chi connectivity index (χ2v) is 11.9. The van der Waals surface area contributed by atoms with Crippen molar-refractivity contribution in [1.29, 1.82) is 0 Å². The summed E-state index contributed by atoms with van der Waals surface area (Å²) >= 11 is 12.4. The highest BCUT2D eigenvalue weighted by molar-refractivity contribution is 6.35. The van der Waals surface area contributed by atoms with Gasteiger partial charge in [-0.3, -0.25) is 14.4 Å². The van der Waals surface area contributed by atoms with Crippen molar-refractivity contribution in [3.05, 3.63) is 63.6 Å². The molecule has 2 amide bonds. The van der Waals surface area contributed by atoms with Crippen LogP contribution in [0.4, 0.5) is 0 Å². The SMILES string of the molecule is COC(=O)[C@H](Cc1ccc(OCc2c(Cl)cccc2Cl)cc1)NC(=O)[C@H]1CC[C@](C)(C(=O)N[C@@H](C)C(=O)O)C1(C)C. The normalized spacial score (nSPS) is 20.9. The van der Waals surface area contributed by atoms with E-state index in [2.05, 4.69) is 10.6 Å². The lowest BCUT2D eigenvalue weighted by Gasteiger charge is -2.40. The summed E-state index contributed by atoms with van der Waals surface area (Å²) in [6.07, 6.45) is 0.968. The number of amides is 2. The molecule has 1 aliphatic rings. The number of nitrogens with one attached hydrogen (secondary N) is 2. The zero-order valence-electron chi connectivity index (χ0n) is 23.8. The van der Waals surface area contributed by atoms with E-state index in [0.29, 0.717) is 34.2 Å². The van der Waals surface area contributed by atoms with E-state index in [-0.39, 0.29) is 18.9 Å². The molecule has 0 aromatic heterocycles. The molecule has 0 radical (unpaired) electrons. The molecule has 0 heterocycles. The third-order valence-electron chi connectivity index (χ3n) is 8.37. The van der Waals surface area contributed by atoms with Gasteiger partial charge in [-0.1, -0.05) is 62.2 Å². The number of hydrogen-bond acceptors (Lipinski definition) is 6. The molecule has 2 aromatic rings. The largest absolute Gasteiger partial charge is 0.489 e. The van der Waals surface area contributed by atoms with Gasteiger partial charge in [0.05, 0.1) is 12.5 Å². The number of hydrogen-bond donors (Lipinski definition) is 3. The van der Waals surface area contributed by atoms with Crippen molar-refractivity contribution < 1.29 is 33.8 Å². The summed E-state index contributed by atoms with van der Waals surface area (Å²) in [6, 6.07) is 10.3. The van der Waals surface area contributed by atoms with E-state index in [9.17, 15) is 24.3 Å². The van der Waals surface area contributed by atoms with Gasteiger partial charge in [-0.05, 0) is 55.0 Å². The summed E-state index contributed by atoms with van der Waals surface area (Å²) in [5, 5.41) is 15.6. The molecule has 0 aliphatic heterocycles. The lowest BCUT2D eigenvalue weighted by Crippen LogP contribution is -2.53. The molecule has 0 unspecified atom stereocenters. The highest BCUT2D eigenvalue weighted by Crippen LogP contribution is 2.56. The maximum absolute atomic E-state index is 13.5. The van der Waals surface area contributed by atoms with Crippen LogP contribution in [0.2, 0.25) is 10.0 Å². The van der Waals surface area contributed by atoms with E-state index in [4.69, 9.17) is 32.7 Å². The number of carboxylic acids is 1. The zero-order valence-corrected chi connectivity index (χ0v) is 25.3. The molecule has 1 fully saturated rings. The van der Waals surface area contributed by atoms with Gasteiger partial charge >= 0.3 is 11.9 Å². The van der Waals surface area contributed by atoms with Crippen LogP contribution in [0.25, 0.3) is 0 Å². The molecule has 0 bridgehead atoms. The van der Waals surface area contributed by atoms with Crippen LogP contribution in [0.1, 0.15) is 51.7 Å². The van der Waals surface area contributed by atoms with Crippen LogP contribution in [0.15, 0.2) is 42.5 Å². The van der Waals surface area contributed by atoms with Crippen molar-refractivity contribution in [3.63, 3.8) is 0 Å². The van der Waals surface area contributed by atoms with Crippen LogP contribution in [0, 0.1) is 16.7 Å². The Balaban J connectivity index is 1.68. The number of ether oxygens (including phenoxy) is 2. The second kappa shape index (κ2) is 13.1. The van der Waals surface area contributed by atoms with Crippen LogP contribution in [-0.2, 0) is 36.9 Å². The van der Waals surface area contributed by atoms with Crippen molar-refractivity contribution in [1.82, 2.24) is 10.6 Å². The standard InChI is InChI=1S/C30H36Cl2N2O7/c1-17(26(36)37)33-28(39)30(4)14-13-21(29(30,2)3)25(35)34-24(27(38)40-5)15-18-9-11-19(12-10-18)41-16-20-22(31)7-6-8-23(20)32/h6-12,17,21,24H,13-16H2,1-5H3,(H,33,39)(H,34,35)(H,36,37)/t17-,21+,24-,30+/m0/s1. The smallest absolute Gasteiger partial charge is 0.328 e. The topological polar surface area (TPSA) is 131 Å². The highest BCUT2D eigenvalue weighted by Gasteiger charge is 2.58. The van der Waals surface area contributed by atoms with Crippen LogP contribution >= 0.6 is 23.2 Å². The van der Waals surface area contributed by atoms with Crippen LogP contribution < -0.4 is 15.4 Å². The van der Waals surface area contributed by atoms with E-state index < -0.39 is 46.7 Å². The molecule has 11 heteroatoms. The third kappa shape index (κ3) is 7.13. The Kier molecular flexibility index (Phi) is 10.3. The molecule has 9 nitrogen and oxygen atoms in total. The minimum absolute atomic E-state index is 0.177. The third-order valence-corrected chi connectivity index (χ3v) is 9.08. The molecular formula is C30H36Cl2N2O7. The molecule has 0 spiro atoms. The molecule has 3 rings (SSSR count). The fourth-order valence-corrected chi connectivity index (χ4v) is 5.68. The van der Waals surface area contributed by atoms with Crippen molar-refractivity contribution in [2.75, 3.05) is 7.11 Å². The molecule has 3 N–H and O–H groups in total. The van der Waals surface area contributed by atoms with Gasteiger partial charge in [0.1, 0.15) is 24.4 Å².